The summed E-state index contributed by atoms with van der Waals surface area (Å²) < 4.78 is 5.43. The molecule has 2 rings (SSSR count). The summed E-state index contributed by atoms with van der Waals surface area (Å²) in [5, 5.41) is 3.01. The molecule has 1 aliphatic heterocycles. The van der Waals surface area contributed by atoms with E-state index in [2.05, 4.69) is 61.3 Å². The average Bonchev–Trinajstić information content (AvgIpc) is 3.09. The second-order valence-electron chi connectivity index (χ2n) is 11.1. The molecular formula is C26H44N2O2. The third-order valence-corrected chi connectivity index (χ3v) is 5.72. The molecule has 1 heterocycles. The van der Waals surface area contributed by atoms with Crippen molar-refractivity contribution in [3.8, 4) is 0 Å². The van der Waals surface area contributed by atoms with Crippen molar-refractivity contribution in [1.29, 1.82) is 0 Å². The summed E-state index contributed by atoms with van der Waals surface area (Å²) in [5.74, 6) is 0. The molecule has 1 aromatic carbocycles. The van der Waals surface area contributed by atoms with Gasteiger partial charge in [-0.05, 0) is 76.8 Å². The lowest BCUT2D eigenvalue weighted by Crippen LogP contribution is -2.47. The molecule has 0 unspecified atom stereocenters. The number of amides is 1. The van der Waals surface area contributed by atoms with Gasteiger partial charge in [0.25, 0.3) is 0 Å². The number of unbranched alkanes of at least 4 members (excludes halogenated alkanes) is 1. The lowest BCUT2D eigenvalue weighted by Gasteiger charge is -2.37. The van der Waals surface area contributed by atoms with Crippen molar-refractivity contribution >= 4 is 6.09 Å². The Kier molecular flexibility index (Phi) is 9.21. The molecule has 0 spiro atoms. The van der Waals surface area contributed by atoms with Gasteiger partial charge in [0.1, 0.15) is 5.60 Å². The van der Waals surface area contributed by atoms with Gasteiger partial charge in [0.05, 0.1) is 0 Å². The Bertz CT molecular complexity index is 631. The van der Waals surface area contributed by atoms with E-state index in [1.807, 2.05) is 20.8 Å². The zero-order valence-electron chi connectivity index (χ0n) is 20.2. The van der Waals surface area contributed by atoms with Crippen molar-refractivity contribution in [2.24, 2.45) is 5.41 Å². The van der Waals surface area contributed by atoms with Crippen LogP contribution < -0.4 is 5.32 Å². The molecule has 0 saturated carbocycles. The molecule has 1 aromatic rings. The van der Waals surface area contributed by atoms with Gasteiger partial charge in [0, 0.05) is 18.6 Å². The normalized spacial score (nSPS) is 18.9. The van der Waals surface area contributed by atoms with Gasteiger partial charge >= 0.3 is 6.09 Å². The predicted molar refractivity (Wildman–Crippen MR) is 126 cm³/mol. The Morgan fingerprint density at radius 2 is 1.83 bits per heavy atom. The number of rotatable bonds is 9. The minimum Gasteiger partial charge on any atom is -0.444 e. The third kappa shape index (κ3) is 9.51. The lowest BCUT2D eigenvalue weighted by atomic mass is 9.85. The highest BCUT2D eigenvalue weighted by atomic mass is 16.6. The number of aryl methyl sites for hydroxylation is 1. The van der Waals surface area contributed by atoms with E-state index in [-0.39, 0.29) is 6.09 Å². The van der Waals surface area contributed by atoms with Crippen molar-refractivity contribution in [3.05, 3.63) is 35.9 Å². The minimum atomic E-state index is -0.451. The zero-order valence-corrected chi connectivity index (χ0v) is 20.2. The molecule has 1 aliphatic rings. The third-order valence-electron chi connectivity index (χ3n) is 5.72. The van der Waals surface area contributed by atoms with Crippen LogP contribution in [0.3, 0.4) is 0 Å². The number of nitrogens with one attached hydrogen (secondary N) is 1. The van der Waals surface area contributed by atoms with Crippen LogP contribution in [0.1, 0.15) is 85.6 Å². The number of ether oxygens (including phenoxy) is 1. The van der Waals surface area contributed by atoms with E-state index >= 15 is 0 Å². The Morgan fingerprint density at radius 1 is 1.13 bits per heavy atom. The van der Waals surface area contributed by atoms with Crippen LogP contribution >= 0.6 is 0 Å². The number of nitrogens with zero attached hydrogens (tertiary/aromatic N) is 1. The molecule has 0 radical (unpaired) electrons. The fourth-order valence-corrected chi connectivity index (χ4v) is 4.52. The van der Waals surface area contributed by atoms with E-state index in [9.17, 15) is 4.79 Å². The smallest absolute Gasteiger partial charge is 0.407 e. The first-order chi connectivity index (χ1) is 14.0. The number of carbonyl (C=O) groups excluding carboxylic acids is 1. The van der Waals surface area contributed by atoms with Gasteiger partial charge < -0.3 is 10.1 Å². The van der Waals surface area contributed by atoms with E-state index in [4.69, 9.17) is 4.74 Å². The predicted octanol–water partition coefficient (Wildman–Crippen LogP) is 6.19. The molecule has 4 heteroatoms. The second-order valence-corrected chi connectivity index (χ2v) is 11.1. The van der Waals surface area contributed by atoms with Gasteiger partial charge in [-0.2, -0.15) is 0 Å². The molecule has 2 atom stereocenters. The highest BCUT2D eigenvalue weighted by molar-refractivity contribution is 5.67. The highest BCUT2D eigenvalue weighted by Gasteiger charge is 2.33. The van der Waals surface area contributed by atoms with Gasteiger partial charge in [0.15, 0.2) is 0 Å². The van der Waals surface area contributed by atoms with Gasteiger partial charge in [-0.1, -0.05) is 57.5 Å². The maximum absolute atomic E-state index is 12.1. The number of likely N-dealkylation sites (tertiary alicyclic amines) is 1. The van der Waals surface area contributed by atoms with Crippen molar-refractivity contribution < 1.29 is 9.53 Å². The summed E-state index contributed by atoms with van der Waals surface area (Å²) in [4.78, 5) is 14.8. The number of alkyl carbamates (subject to hydrolysis) is 1. The van der Waals surface area contributed by atoms with Crippen LogP contribution in [0.25, 0.3) is 0 Å². The van der Waals surface area contributed by atoms with Gasteiger partial charge in [0.2, 0.25) is 0 Å². The van der Waals surface area contributed by atoms with Crippen molar-refractivity contribution in [2.75, 3.05) is 13.1 Å². The molecule has 1 saturated heterocycles. The van der Waals surface area contributed by atoms with Crippen LogP contribution in [0.15, 0.2) is 30.3 Å². The highest BCUT2D eigenvalue weighted by Crippen LogP contribution is 2.31. The van der Waals surface area contributed by atoms with Crippen molar-refractivity contribution in [1.82, 2.24) is 10.2 Å². The summed E-state index contributed by atoms with van der Waals surface area (Å²) in [7, 11) is 0. The Morgan fingerprint density at radius 3 is 2.47 bits per heavy atom. The molecule has 4 nitrogen and oxygen atoms in total. The van der Waals surface area contributed by atoms with Crippen molar-refractivity contribution in [3.63, 3.8) is 0 Å². The molecule has 0 aromatic heterocycles. The molecule has 1 N–H and O–H groups in total. The van der Waals surface area contributed by atoms with Gasteiger partial charge in [-0.3, -0.25) is 4.90 Å². The maximum atomic E-state index is 12.1. The fraction of sp³-hybridized carbons (Fsp3) is 0.731. The molecular weight excluding hydrogens is 372 g/mol. The lowest BCUT2D eigenvalue weighted by molar-refractivity contribution is 0.0498. The van der Waals surface area contributed by atoms with Crippen LogP contribution in [0, 0.1) is 5.41 Å². The number of benzene rings is 1. The monoisotopic (exact) mass is 416 g/mol. The average molecular weight is 417 g/mol. The molecule has 0 aliphatic carbocycles. The summed E-state index contributed by atoms with van der Waals surface area (Å²) in [6, 6.07) is 11.8. The molecule has 170 valence electrons. The SMILES string of the molecule is CC(C)(C)C[C@H](CCCCc1ccccc1)N1CCC[C@H]1CNC(=O)OC(C)(C)C. The topological polar surface area (TPSA) is 41.6 Å². The summed E-state index contributed by atoms with van der Waals surface area (Å²) >= 11 is 0. The first-order valence-corrected chi connectivity index (χ1v) is 11.8. The number of hydrogen-bond donors (Lipinski definition) is 1. The zero-order chi connectivity index (χ0) is 22.2. The van der Waals surface area contributed by atoms with E-state index in [1.165, 1.54) is 37.7 Å². The fourth-order valence-electron chi connectivity index (χ4n) is 4.52. The van der Waals surface area contributed by atoms with Gasteiger partial charge in [-0.15, -0.1) is 0 Å². The van der Waals surface area contributed by atoms with E-state index in [1.54, 1.807) is 0 Å². The Hall–Kier alpha value is -1.55. The standard InChI is InChI=1S/C26H44N2O2/c1-25(2,3)19-22(16-11-10-15-21-13-8-7-9-14-21)28-18-12-17-23(28)20-27-24(29)30-26(4,5)6/h7-9,13-14,22-23H,10-12,15-20H2,1-6H3,(H,27,29)/t22-,23-/m0/s1. The first kappa shape index (κ1) is 24.7. The molecule has 0 bridgehead atoms. The summed E-state index contributed by atoms with van der Waals surface area (Å²) in [6.45, 7) is 14.6. The second kappa shape index (κ2) is 11.2. The summed E-state index contributed by atoms with van der Waals surface area (Å²) in [5.41, 5.74) is 1.29. The quantitative estimate of drug-likeness (QED) is 0.488. The maximum Gasteiger partial charge on any atom is 0.407 e. The Balaban J connectivity index is 1.89. The van der Waals surface area contributed by atoms with Crippen molar-refractivity contribution in [2.45, 2.75) is 104 Å². The van der Waals surface area contributed by atoms with E-state index in [0.29, 0.717) is 24.0 Å². The van der Waals surface area contributed by atoms with E-state index < -0.39 is 5.60 Å². The molecule has 1 amide bonds. The van der Waals surface area contributed by atoms with Crippen LogP contribution in [0.4, 0.5) is 4.79 Å². The van der Waals surface area contributed by atoms with Crippen LogP contribution in [-0.4, -0.2) is 41.8 Å². The van der Waals surface area contributed by atoms with Crippen LogP contribution in [-0.2, 0) is 11.2 Å². The minimum absolute atomic E-state index is 0.301. The van der Waals surface area contributed by atoms with E-state index in [0.717, 1.165) is 19.4 Å². The largest absolute Gasteiger partial charge is 0.444 e. The van der Waals surface area contributed by atoms with Crippen LogP contribution in [0.5, 0.6) is 0 Å². The first-order valence-electron chi connectivity index (χ1n) is 11.8. The molecule has 1 fully saturated rings. The van der Waals surface area contributed by atoms with Crippen LogP contribution in [0.2, 0.25) is 0 Å². The number of carbonyl (C=O) groups is 1. The molecule has 30 heavy (non-hydrogen) atoms. The Labute approximate surface area is 184 Å². The summed E-state index contributed by atoms with van der Waals surface area (Å²) in [6.07, 6.45) is 8.13. The van der Waals surface area contributed by atoms with Gasteiger partial charge in [-0.25, -0.2) is 4.79 Å². The number of hydrogen-bond acceptors (Lipinski definition) is 3.